The molecule has 0 spiro atoms. The maximum Gasteiger partial charge on any atom is 0.251 e. The molecule has 1 saturated carbocycles. The quantitative estimate of drug-likeness (QED) is 0.504. The number of anilines is 2. The number of hydrogen-bond donors (Lipinski definition) is 4. The van der Waals surface area contributed by atoms with E-state index in [0.29, 0.717) is 16.8 Å². The number of amides is 3. The Labute approximate surface area is 189 Å². The summed E-state index contributed by atoms with van der Waals surface area (Å²) in [5.41, 5.74) is 2.41. The third-order valence-electron chi connectivity index (χ3n) is 5.37. The van der Waals surface area contributed by atoms with Crippen molar-refractivity contribution in [2.24, 2.45) is 0 Å². The second kappa shape index (κ2) is 11.3. The van der Waals surface area contributed by atoms with Gasteiger partial charge in [-0.25, -0.2) is 0 Å². The van der Waals surface area contributed by atoms with Crippen molar-refractivity contribution in [1.29, 1.82) is 0 Å². The van der Waals surface area contributed by atoms with E-state index >= 15 is 0 Å². The second-order valence-electron chi connectivity index (χ2n) is 8.50. The van der Waals surface area contributed by atoms with Crippen molar-refractivity contribution in [1.82, 2.24) is 10.6 Å². The van der Waals surface area contributed by atoms with E-state index in [1.54, 1.807) is 48.5 Å². The average Bonchev–Trinajstić information content (AvgIpc) is 2.78. The highest BCUT2D eigenvalue weighted by Crippen LogP contribution is 2.18. The zero-order chi connectivity index (χ0) is 22.9. The number of benzene rings is 2. The highest BCUT2D eigenvalue weighted by molar-refractivity contribution is 5.98. The predicted octanol–water partition coefficient (Wildman–Crippen LogP) is 3.94. The fourth-order valence-electron chi connectivity index (χ4n) is 3.73. The molecule has 4 N–H and O–H groups in total. The fraction of sp³-hybridized carbons (Fsp3) is 0.400. The lowest BCUT2D eigenvalue weighted by molar-refractivity contribution is -0.114. The van der Waals surface area contributed by atoms with Crippen LogP contribution in [0.5, 0.6) is 0 Å². The molecule has 0 radical (unpaired) electrons. The minimum absolute atomic E-state index is 0.0367. The van der Waals surface area contributed by atoms with E-state index in [1.807, 2.05) is 13.8 Å². The Kier molecular flexibility index (Phi) is 8.25. The maximum atomic E-state index is 12.4. The monoisotopic (exact) mass is 436 g/mol. The minimum atomic E-state index is -0.231. The van der Waals surface area contributed by atoms with E-state index in [0.717, 1.165) is 18.5 Å². The van der Waals surface area contributed by atoms with Gasteiger partial charge in [0.1, 0.15) is 0 Å². The van der Waals surface area contributed by atoms with Gasteiger partial charge in [0, 0.05) is 34.6 Å². The molecule has 0 saturated heterocycles. The largest absolute Gasteiger partial charge is 0.376 e. The lowest BCUT2D eigenvalue weighted by atomic mass is 9.95. The van der Waals surface area contributed by atoms with Gasteiger partial charge in [0.25, 0.3) is 11.8 Å². The van der Waals surface area contributed by atoms with Crippen LogP contribution in [-0.4, -0.2) is 36.3 Å². The van der Waals surface area contributed by atoms with Gasteiger partial charge in [-0.2, -0.15) is 0 Å². The molecule has 0 bridgehead atoms. The summed E-state index contributed by atoms with van der Waals surface area (Å²) in [6.07, 6.45) is 5.69. The summed E-state index contributed by atoms with van der Waals surface area (Å²) in [5.74, 6) is -0.463. The summed E-state index contributed by atoms with van der Waals surface area (Å²) in [4.78, 5) is 36.8. The smallest absolute Gasteiger partial charge is 0.251 e. The van der Waals surface area contributed by atoms with Crippen molar-refractivity contribution < 1.29 is 14.4 Å². The molecular formula is C25H32N4O3. The first-order chi connectivity index (χ1) is 15.4. The fourth-order valence-corrected chi connectivity index (χ4v) is 3.73. The van der Waals surface area contributed by atoms with Crippen LogP contribution in [0.15, 0.2) is 48.5 Å². The molecule has 7 heteroatoms. The van der Waals surface area contributed by atoms with Crippen molar-refractivity contribution in [2.75, 3.05) is 17.2 Å². The molecule has 0 heterocycles. The summed E-state index contributed by atoms with van der Waals surface area (Å²) >= 11 is 0. The Morgan fingerprint density at radius 1 is 0.875 bits per heavy atom. The Balaban J connectivity index is 1.47. The van der Waals surface area contributed by atoms with Gasteiger partial charge in [-0.3, -0.25) is 14.4 Å². The Bertz CT molecular complexity index is 934. The first-order valence-electron chi connectivity index (χ1n) is 11.3. The molecule has 1 aliphatic carbocycles. The van der Waals surface area contributed by atoms with Crippen LogP contribution in [-0.2, 0) is 4.79 Å². The molecule has 1 fully saturated rings. The van der Waals surface area contributed by atoms with Crippen molar-refractivity contribution in [3.05, 3.63) is 59.7 Å². The van der Waals surface area contributed by atoms with E-state index in [-0.39, 0.29) is 36.3 Å². The topological polar surface area (TPSA) is 99.3 Å². The van der Waals surface area contributed by atoms with Crippen LogP contribution < -0.4 is 21.3 Å². The summed E-state index contributed by atoms with van der Waals surface area (Å²) in [6, 6.07) is 14.2. The van der Waals surface area contributed by atoms with Crippen LogP contribution in [0.3, 0.4) is 0 Å². The lowest BCUT2D eigenvalue weighted by Gasteiger charge is -2.22. The van der Waals surface area contributed by atoms with E-state index in [2.05, 4.69) is 21.3 Å². The summed E-state index contributed by atoms with van der Waals surface area (Å²) in [7, 11) is 0. The SMILES string of the molecule is CC(C)NC(=O)c1cccc(NC(=O)CNc2ccc(C(=O)NC3CCCCC3)cc2)c1. The number of nitrogens with one attached hydrogen (secondary N) is 4. The Morgan fingerprint density at radius 3 is 2.28 bits per heavy atom. The molecule has 2 aromatic carbocycles. The Morgan fingerprint density at radius 2 is 1.59 bits per heavy atom. The van der Waals surface area contributed by atoms with Crippen molar-refractivity contribution in [3.63, 3.8) is 0 Å². The van der Waals surface area contributed by atoms with Crippen molar-refractivity contribution in [3.8, 4) is 0 Å². The van der Waals surface area contributed by atoms with Crippen LogP contribution >= 0.6 is 0 Å². The summed E-state index contributed by atoms with van der Waals surface area (Å²) in [5, 5.41) is 11.8. The predicted molar refractivity (Wildman–Crippen MR) is 127 cm³/mol. The molecule has 1 aliphatic rings. The molecule has 2 aromatic rings. The second-order valence-corrected chi connectivity index (χ2v) is 8.50. The molecule has 32 heavy (non-hydrogen) atoms. The van der Waals surface area contributed by atoms with E-state index < -0.39 is 0 Å². The first-order valence-corrected chi connectivity index (χ1v) is 11.3. The highest BCUT2D eigenvalue weighted by atomic mass is 16.2. The van der Waals surface area contributed by atoms with Crippen molar-refractivity contribution >= 4 is 29.1 Å². The summed E-state index contributed by atoms with van der Waals surface area (Å²) in [6.45, 7) is 3.85. The molecule has 3 rings (SSSR count). The van der Waals surface area contributed by atoms with Gasteiger partial charge in [0.05, 0.1) is 6.54 Å². The van der Waals surface area contributed by atoms with Gasteiger partial charge in [-0.05, 0) is 69.2 Å². The zero-order valence-electron chi connectivity index (χ0n) is 18.7. The van der Waals surface area contributed by atoms with Gasteiger partial charge in [0.2, 0.25) is 5.91 Å². The molecule has 0 unspecified atom stereocenters. The molecule has 0 aromatic heterocycles. The van der Waals surface area contributed by atoms with Gasteiger partial charge < -0.3 is 21.3 Å². The molecular weight excluding hydrogens is 404 g/mol. The molecule has 3 amide bonds. The normalized spacial score (nSPS) is 14.0. The molecule has 7 nitrogen and oxygen atoms in total. The van der Waals surface area contributed by atoms with Gasteiger partial charge >= 0.3 is 0 Å². The zero-order valence-corrected chi connectivity index (χ0v) is 18.7. The van der Waals surface area contributed by atoms with Gasteiger partial charge in [-0.1, -0.05) is 25.3 Å². The molecule has 170 valence electrons. The van der Waals surface area contributed by atoms with E-state index in [1.165, 1.54) is 19.3 Å². The summed E-state index contributed by atoms with van der Waals surface area (Å²) < 4.78 is 0. The first kappa shape index (κ1) is 23.3. The van der Waals surface area contributed by atoms with E-state index in [9.17, 15) is 14.4 Å². The maximum absolute atomic E-state index is 12.4. The molecule has 0 aliphatic heterocycles. The van der Waals surface area contributed by atoms with Crippen molar-refractivity contribution in [2.45, 2.75) is 58.0 Å². The number of hydrogen-bond acceptors (Lipinski definition) is 4. The standard InChI is InChI=1S/C25H32N4O3/c1-17(2)27-25(32)19-7-6-10-22(15-19)28-23(30)16-26-20-13-11-18(12-14-20)24(31)29-21-8-4-3-5-9-21/h6-7,10-15,17,21,26H,3-5,8-9,16H2,1-2H3,(H,27,32)(H,28,30)(H,29,31). The van der Waals surface area contributed by atoms with Crippen LogP contribution in [0.25, 0.3) is 0 Å². The van der Waals surface area contributed by atoms with Crippen LogP contribution in [0.1, 0.15) is 66.7 Å². The molecule has 0 atom stereocenters. The number of carbonyl (C=O) groups is 3. The lowest BCUT2D eigenvalue weighted by Crippen LogP contribution is -2.36. The highest BCUT2D eigenvalue weighted by Gasteiger charge is 2.16. The minimum Gasteiger partial charge on any atom is -0.376 e. The third-order valence-corrected chi connectivity index (χ3v) is 5.37. The Hall–Kier alpha value is -3.35. The average molecular weight is 437 g/mol. The van der Waals surface area contributed by atoms with Gasteiger partial charge in [-0.15, -0.1) is 0 Å². The third kappa shape index (κ3) is 7.11. The van der Waals surface area contributed by atoms with Crippen LogP contribution in [0.4, 0.5) is 11.4 Å². The number of rotatable bonds is 8. The van der Waals surface area contributed by atoms with Gasteiger partial charge in [0.15, 0.2) is 0 Å². The van der Waals surface area contributed by atoms with Crippen LogP contribution in [0, 0.1) is 0 Å². The van der Waals surface area contributed by atoms with Crippen LogP contribution in [0.2, 0.25) is 0 Å². The van der Waals surface area contributed by atoms with E-state index in [4.69, 9.17) is 0 Å². The number of carbonyl (C=O) groups excluding carboxylic acids is 3.